The van der Waals surface area contributed by atoms with E-state index in [1.54, 1.807) is 24.3 Å². The van der Waals surface area contributed by atoms with Crippen LogP contribution in [0.5, 0.6) is 0 Å². The first-order chi connectivity index (χ1) is 14.5. The first-order valence-electron chi connectivity index (χ1n) is 9.69. The second-order valence-electron chi connectivity index (χ2n) is 7.04. The van der Waals surface area contributed by atoms with Crippen LogP contribution in [-0.2, 0) is 11.3 Å². The van der Waals surface area contributed by atoms with Crippen LogP contribution in [0.3, 0.4) is 0 Å². The number of nitrogens with zero attached hydrogens (tertiary/aromatic N) is 3. The molecule has 0 aliphatic carbocycles. The van der Waals surface area contributed by atoms with Gasteiger partial charge in [-0.3, -0.25) is 14.6 Å². The summed E-state index contributed by atoms with van der Waals surface area (Å²) >= 11 is 5.85. The van der Waals surface area contributed by atoms with Crippen LogP contribution in [0.2, 0.25) is 5.02 Å². The van der Waals surface area contributed by atoms with E-state index >= 15 is 0 Å². The van der Waals surface area contributed by atoms with Crippen molar-refractivity contribution < 1.29 is 19.1 Å². The van der Waals surface area contributed by atoms with Gasteiger partial charge in [0.25, 0.3) is 5.91 Å². The number of carbonyl (C=O) groups excluding carboxylic acids is 1. The maximum atomic E-state index is 12.3. The van der Waals surface area contributed by atoms with Crippen LogP contribution in [0.4, 0.5) is 5.69 Å². The van der Waals surface area contributed by atoms with E-state index in [-0.39, 0.29) is 24.8 Å². The Kier molecular flexibility index (Phi) is 8.25. The monoisotopic (exact) mass is 432 g/mol. The summed E-state index contributed by atoms with van der Waals surface area (Å²) in [6.07, 6.45) is 5.93. The molecule has 3 rings (SSSR count). The Morgan fingerprint density at radius 1 is 1.30 bits per heavy atom. The number of nitrogens with one attached hydrogen (secondary N) is 1. The van der Waals surface area contributed by atoms with Gasteiger partial charge in [0, 0.05) is 43.4 Å². The van der Waals surface area contributed by atoms with E-state index in [0.29, 0.717) is 29.7 Å². The number of terminal acetylenes is 1. The van der Waals surface area contributed by atoms with Crippen molar-refractivity contribution >= 4 is 23.2 Å². The van der Waals surface area contributed by atoms with Gasteiger partial charge in [-0.2, -0.15) is 0 Å². The van der Waals surface area contributed by atoms with Gasteiger partial charge in [-0.25, -0.2) is 4.98 Å². The molecule has 160 valence electrons. The van der Waals surface area contributed by atoms with Gasteiger partial charge >= 0.3 is 0 Å². The predicted octanol–water partition coefficient (Wildman–Crippen LogP) is 1.71. The zero-order valence-corrected chi connectivity index (χ0v) is 17.3. The zero-order valence-electron chi connectivity index (χ0n) is 16.6. The number of halogens is 1. The highest BCUT2D eigenvalue weighted by Crippen LogP contribution is 2.15. The fourth-order valence-electron chi connectivity index (χ4n) is 3.14. The first-order valence-corrected chi connectivity index (χ1v) is 10.1. The van der Waals surface area contributed by atoms with Gasteiger partial charge in [0.1, 0.15) is 12.9 Å². The smallest absolute Gasteiger partial charge is 0.277 e. The van der Waals surface area contributed by atoms with Crippen LogP contribution in [0, 0.1) is 12.3 Å². The summed E-state index contributed by atoms with van der Waals surface area (Å²) in [5.41, 5.74) is 0.866. The molecule has 1 aromatic heterocycles. The van der Waals surface area contributed by atoms with Crippen molar-refractivity contribution in [1.82, 2.24) is 14.8 Å². The molecule has 1 unspecified atom stereocenters. The number of carbonyl (C=O) groups is 1. The number of piperazine rings is 1. The van der Waals surface area contributed by atoms with Crippen LogP contribution < -0.4 is 5.32 Å². The Bertz CT molecular complexity index is 857. The van der Waals surface area contributed by atoms with Gasteiger partial charge in [0.2, 0.25) is 5.89 Å². The number of hydrogen-bond acceptors (Lipinski definition) is 7. The van der Waals surface area contributed by atoms with Gasteiger partial charge in [0.05, 0.1) is 19.3 Å². The molecule has 8 nitrogen and oxygen atoms in total. The summed E-state index contributed by atoms with van der Waals surface area (Å²) in [5, 5.41) is 13.3. The number of anilines is 1. The molecular formula is C21H25ClN4O4. The lowest BCUT2D eigenvalue weighted by atomic mass is 10.2. The molecule has 0 radical (unpaired) electrons. The largest absolute Gasteiger partial charge is 0.447 e. The molecule has 2 N–H and O–H groups in total. The third-order valence-corrected chi connectivity index (χ3v) is 4.93. The third kappa shape index (κ3) is 6.83. The fourth-order valence-corrected chi connectivity index (χ4v) is 3.27. The SMILES string of the molecule is C#CCOCC(O)CN1CCN(Cc2nc(C(=O)Nc3ccc(Cl)cc3)co2)CC1. The molecule has 1 aromatic carbocycles. The molecule has 1 aliphatic rings. The molecule has 0 spiro atoms. The standard InChI is InChI=1S/C21H25ClN4O4/c1-2-11-29-14-18(27)12-25-7-9-26(10-8-25)13-20-24-19(15-30-20)21(28)23-17-5-3-16(22)4-6-17/h1,3-6,15,18,27H,7-14H2,(H,23,28). The third-order valence-electron chi connectivity index (χ3n) is 4.67. The van der Waals surface area contributed by atoms with Crippen molar-refractivity contribution in [3.8, 4) is 12.3 Å². The van der Waals surface area contributed by atoms with Gasteiger partial charge < -0.3 is 19.6 Å². The number of amides is 1. The Hall–Kier alpha value is -2.41. The highest BCUT2D eigenvalue weighted by molar-refractivity contribution is 6.30. The van der Waals surface area contributed by atoms with Crippen LogP contribution in [-0.4, -0.2) is 77.8 Å². The molecule has 2 heterocycles. The van der Waals surface area contributed by atoms with E-state index in [1.807, 2.05) is 0 Å². The number of aliphatic hydroxyl groups excluding tert-OH is 1. The highest BCUT2D eigenvalue weighted by atomic mass is 35.5. The number of β-amino-alcohol motifs (C(OH)–C–C–N with tert-alkyl or cyclic N) is 1. The Morgan fingerprint density at radius 3 is 2.70 bits per heavy atom. The number of ether oxygens (including phenoxy) is 1. The Labute approximate surface area is 180 Å². The lowest BCUT2D eigenvalue weighted by Gasteiger charge is -2.34. The van der Waals surface area contributed by atoms with Gasteiger partial charge in [-0.1, -0.05) is 17.5 Å². The number of aromatic nitrogens is 1. The molecule has 1 fully saturated rings. The van der Waals surface area contributed by atoms with Crippen LogP contribution in [0.25, 0.3) is 0 Å². The molecule has 1 atom stereocenters. The second kappa shape index (κ2) is 11.1. The number of aliphatic hydroxyl groups is 1. The van der Waals surface area contributed by atoms with Crippen molar-refractivity contribution in [3.05, 3.63) is 47.1 Å². The average Bonchev–Trinajstić information content (AvgIpc) is 3.20. The van der Waals surface area contributed by atoms with Gasteiger partial charge in [0.15, 0.2) is 5.69 Å². The quantitative estimate of drug-likeness (QED) is 0.460. The minimum atomic E-state index is -0.557. The highest BCUT2D eigenvalue weighted by Gasteiger charge is 2.21. The molecule has 1 amide bonds. The van der Waals surface area contributed by atoms with E-state index < -0.39 is 6.10 Å². The molecule has 9 heteroatoms. The Balaban J connectivity index is 1.41. The fraction of sp³-hybridized carbons (Fsp3) is 0.429. The lowest BCUT2D eigenvalue weighted by molar-refractivity contribution is 0.0146. The van der Waals surface area contributed by atoms with E-state index in [4.69, 9.17) is 27.2 Å². The summed E-state index contributed by atoms with van der Waals surface area (Å²) in [5.74, 6) is 2.54. The number of hydrogen-bond donors (Lipinski definition) is 2. The van der Waals surface area contributed by atoms with E-state index in [0.717, 1.165) is 26.2 Å². The number of rotatable bonds is 9. The molecule has 0 saturated carbocycles. The molecular weight excluding hydrogens is 408 g/mol. The van der Waals surface area contributed by atoms with Gasteiger partial charge in [-0.15, -0.1) is 6.42 Å². The van der Waals surface area contributed by atoms with Crippen molar-refractivity contribution in [2.75, 3.05) is 51.3 Å². The van der Waals surface area contributed by atoms with Crippen LogP contribution >= 0.6 is 11.6 Å². The average molecular weight is 433 g/mol. The molecule has 30 heavy (non-hydrogen) atoms. The lowest BCUT2D eigenvalue weighted by Crippen LogP contribution is -2.48. The normalized spacial score (nSPS) is 16.2. The van der Waals surface area contributed by atoms with Crippen molar-refractivity contribution in [1.29, 1.82) is 0 Å². The summed E-state index contributed by atoms with van der Waals surface area (Å²) in [6, 6.07) is 6.85. The Morgan fingerprint density at radius 2 is 2.00 bits per heavy atom. The summed E-state index contributed by atoms with van der Waals surface area (Å²) in [4.78, 5) is 21.0. The number of benzene rings is 1. The molecule has 0 bridgehead atoms. The maximum Gasteiger partial charge on any atom is 0.277 e. The zero-order chi connectivity index (χ0) is 21.3. The van der Waals surface area contributed by atoms with E-state index in [1.165, 1.54) is 6.26 Å². The molecule has 2 aromatic rings. The van der Waals surface area contributed by atoms with E-state index in [9.17, 15) is 9.90 Å². The minimum absolute atomic E-state index is 0.209. The molecule has 1 saturated heterocycles. The molecule has 1 aliphatic heterocycles. The minimum Gasteiger partial charge on any atom is -0.447 e. The van der Waals surface area contributed by atoms with Crippen LogP contribution in [0.1, 0.15) is 16.4 Å². The number of oxazole rings is 1. The maximum absolute atomic E-state index is 12.3. The summed E-state index contributed by atoms with van der Waals surface area (Å²) in [7, 11) is 0. The first kappa shape index (κ1) is 22.3. The van der Waals surface area contributed by atoms with Crippen molar-refractivity contribution in [3.63, 3.8) is 0 Å². The predicted molar refractivity (Wildman–Crippen MR) is 113 cm³/mol. The van der Waals surface area contributed by atoms with Crippen molar-refractivity contribution in [2.24, 2.45) is 0 Å². The summed E-state index contributed by atoms with van der Waals surface area (Å²) < 4.78 is 10.6. The van der Waals surface area contributed by atoms with Gasteiger partial charge in [-0.05, 0) is 24.3 Å². The topological polar surface area (TPSA) is 91.1 Å². The van der Waals surface area contributed by atoms with Crippen LogP contribution in [0.15, 0.2) is 34.9 Å². The second-order valence-corrected chi connectivity index (χ2v) is 7.47. The summed E-state index contributed by atoms with van der Waals surface area (Å²) in [6.45, 7) is 4.78. The van der Waals surface area contributed by atoms with Crippen molar-refractivity contribution in [2.45, 2.75) is 12.6 Å². The van der Waals surface area contributed by atoms with E-state index in [2.05, 4.69) is 26.0 Å².